The number of rotatable bonds is 3. The van der Waals surface area contributed by atoms with E-state index in [4.69, 9.17) is 4.42 Å². The van der Waals surface area contributed by atoms with Crippen molar-refractivity contribution < 1.29 is 18.0 Å². The van der Waals surface area contributed by atoms with Gasteiger partial charge in [-0.2, -0.15) is 0 Å². The molecule has 0 aliphatic heterocycles. The molecule has 0 aliphatic rings. The number of carbonyl (C=O) groups is 1. The number of hydrogen-bond donors (Lipinski definition) is 1. The predicted octanol–water partition coefficient (Wildman–Crippen LogP) is 3.58. The number of aryl methyl sites for hydroxylation is 1. The Morgan fingerprint density at radius 1 is 1.09 bits per heavy atom. The van der Waals surface area contributed by atoms with Gasteiger partial charge in [-0.15, -0.1) is 10.2 Å². The van der Waals surface area contributed by atoms with Crippen molar-refractivity contribution in [3.05, 3.63) is 65.6 Å². The molecule has 3 rings (SSSR count). The summed E-state index contributed by atoms with van der Waals surface area (Å²) in [5.74, 6) is -1.27. The van der Waals surface area contributed by atoms with Crippen LogP contribution in [0, 0.1) is 18.6 Å². The third-order valence-electron chi connectivity index (χ3n) is 3.10. The SMILES string of the molecule is Cc1nnc(-c2ccc(C(=O)Nc3ccc(F)cc3F)cc2)o1. The van der Waals surface area contributed by atoms with Crippen LogP contribution in [0.5, 0.6) is 0 Å². The van der Waals surface area contributed by atoms with Crippen molar-refractivity contribution in [2.24, 2.45) is 0 Å². The van der Waals surface area contributed by atoms with E-state index < -0.39 is 17.5 Å². The summed E-state index contributed by atoms with van der Waals surface area (Å²) in [5, 5.41) is 9.99. The third kappa shape index (κ3) is 3.23. The van der Waals surface area contributed by atoms with E-state index >= 15 is 0 Å². The minimum absolute atomic E-state index is 0.0898. The number of carbonyl (C=O) groups excluding carboxylic acids is 1. The summed E-state index contributed by atoms with van der Waals surface area (Å²) >= 11 is 0. The van der Waals surface area contributed by atoms with Crippen molar-refractivity contribution in [3.63, 3.8) is 0 Å². The highest BCUT2D eigenvalue weighted by Crippen LogP contribution is 2.20. The zero-order valence-corrected chi connectivity index (χ0v) is 12.0. The fraction of sp³-hybridized carbons (Fsp3) is 0.0625. The van der Waals surface area contributed by atoms with Crippen molar-refractivity contribution in [2.75, 3.05) is 5.32 Å². The second kappa shape index (κ2) is 5.96. The van der Waals surface area contributed by atoms with Gasteiger partial charge in [-0.1, -0.05) is 0 Å². The molecule has 3 aromatic rings. The molecule has 7 heteroatoms. The van der Waals surface area contributed by atoms with Gasteiger partial charge in [0.2, 0.25) is 11.8 Å². The van der Waals surface area contributed by atoms with Crippen LogP contribution in [0.4, 0.5) is 14.5 Å². The van der Waals surface area contributed by atoms with Crippen LogP contribution in [0.3, 0.4) is 0 Å². The lowest BCUT2D eigenvalue weighted by Crippen LogP contribution is -2.13. The monoisotopic (exact) mass is 315 g/mol. The smallest absolute Gasteiger partial charge is 0.255 e. The second-order valence-corrected chi connectivity index (χ2v) is 4.78. The molecule has 0 atom stereocenters. The van der Waals surface area contributed by atoms with Gasteiger partial charge in [0.1, 0.15) is 11.6 Å². The first kappa shape index (κ1) is 14.8. The van der Waals surface area contributed by atoms with Crippen molar-refractivity contribution in [1.29, 1.82) is 0 Å². The Kier molecular flexibility index (Phi) is 3.84. The van der Waals surface area contributed by atoms with Crippen LogP contribution in [0.1, 0.15) is 16.2 Å². The molecule has 5 nitrogen and oxygen atoms in total. The summed E-state index contributed by atoms with van der Waals surface area (Å²) in [6.45, 7) is 1.68. The molecule has 1 N–H and O–H groups in total. The average molecular weight is 315 g/mol. The number of benzene rings is 2. The first-order valence-electron chi connectivity index (χ1n) is 6.70. The van der Waals surface area contributed by atoms with Gasteiger partial charge in [0.15, 0.2) is 0 Å². The molecule has 0 spiro atoms. The highest BCUT2D eigenvalue weighted by atomic mass is 19.1. The Morgan fingerprint density at radius 3 is 2.43 bits per heavy atom. The van der Waals surface area contributed by atoms with E-state index in [1.165, 1.54) is 0 Å². The lowest BCUT2D eigenvalue weighted by Gasteiger charge is -2.06. The number of hydrogen-bond acceptors (Lipinski definition) is 4. The summed E-state index contributed by atoms with van der Waals surface area (Å²) in [5.41, 5.74) is 0.886. The highest BCUT2D eigenvalue weighted by Gasteiger charge is 2.11. The van der Waals surface area contributed by atoms with Gasteiger partial charge in [-0.25, -0.2) is 8.78 Å². The normalized spacial score (nSPS) is 10.6. The molecule has 23 heavy (non-hydrogen) atoms. The average Bonchev–Trinajstić information content (AvgIpc) is 2.97. The van der Waals surface area contributed by atoms with Gasteiger partial charge in [-0.05, 0) is 36.4 Å². The number of aromatic nitrogens is 2. The maximum atomic E-state index is 13.5. The fourth-order valence-corrected chi connectivity index (χ4v) is 1.96. The number of nitrogens with zero attached hydrogens (tertiary/aromatic N) is 2. The first-order chi connectivity index (χ1) is 11.0. The molecule has 0 fully saturated rings. The molecule has 1 amide bonds. The molecule has 0 radical (unpaired) electrons. The lowest BCUT2D eigenvalue weighted by molar-refractivity contribution is 0.102. The minimum Gasteiger partial charge on any atom is -0.421 e. The molecular weight excluding hydrogens is 304 g/mol. The van der Waals surface area contributed by atoms with E-state index in [-0.39, 0.29) is 5.69 Å². The summed E-state index contributed by atoms with van der Waals surface area (Å²) in [4.78, 5) is 12.1. The number of nitrogens with one attached hydrogen (secondary N) is 1. The minimum atomic E-state index is -0.837. The summed E-state index contributed by atoms with van der Waals surface area (Å²) in [6, 6.07) is 9.32. The standard InChI is InChI=1S/C16H11F2N3O2/c1-9-20-21-16(23-9)11-4-2-10(3-5-11)15(22)19-14-7-6-12(17)8-13(14)18/h2-8H,1H3,(H,19,22). The second-order valence-electron chi connectivity index (χ2n) is 4.78. The van der Waals surface area contributed by atoms with Crippen LogP contribution in [0.15, 0.2) is 46.9 Å². The van der Waals surface area contributed by atoms with E-state index in [2.05, 4.69) is 15.5 Å². The molecule has 1 aromatic heterocycles. The van der Waals surface area contributed by atoms with Crippen LogP contribution < -0.4 is 5.32 Å². The Morgan fingerprint density at radius 2 is 1.83 bits per heavy atom. The van der Waals surface area contributed by atoms with Gasteiger partial charge >= 0.3 is 0 Å². The van der Waals surface area contributed by atoms with Crippen molar-refractivity contribution in [3.8, 4) is 11.5 Å². The van der Waals surface area contributed by atoms with E-state index in [0.717, 1.165) is 12.1 Å². The van der Waals surface area contributed by atoms with E-state index in [0.29, 0.717) is 29.0 Å². The number of amides is 1. The molecule has 1 heterocycles. The van der Waals surface area contributed by atoms with E-state index in [1.807, 2.05) is 0 Å². The molecule has 0 saturated carbocycles. The maximum Gasteiger partial charge on any atom is 0.255 e. The molecule has 116 valence electrons. The van der Waals surface area contributed by atoms with Crippen LogP contribution in [0.2, 0.25) is 0 Å². The van der Waals surface area contributed by atoms with Gasteiger partial charge in [-0.3, -0.25) is 4.79 Å². The number of halogens is 2. The molecule has 2 aromatic carbocycles. The molecule has 0 unspecified atom stereocenters. The molecule has 0 saturated heterocycles. The summed E-state index contributed by atoms with van der Waals surface area (Å²) in [6.07, 6.45) is 0. The zero-order valence-electron chi connectivity index (χ0n) is 12.0. The van der Waals surface area contributed by atoms with Crippen LogP contribution in [0.25, 0.3) is 11.5 Å². The molecule has 0 bridgehead atoms. The van der Waals surface area contributed by atoms with E-state index in [1.54, 1.807) is 31.2 Å². The van der Waals surface area contributed by atoms with Crippen LogP contribution in [-0.4, -0.2) is 16.1 Å². The number of anilines is 1. The largest absolute Gasteiger partial charge is 0.421 e. The van der Waals surface area contributed by atoms with Crippen molar-refractivity contribution in [2.45, 2.75) is 6.92 Å². The Hall–Kier alpha value is -3.09. The van der Waals surface area contributed by atoms with Crippen molar-refractivity contribution in [1.82, 2.24) is 10.2 Å². The molecular formula is C16H11F2N3O2. The zero-order chi connectivity index (χ0) is 16.4. The van der Waals surface area contributed by atoms with Gasteiger partial charge in [0, 0.05) is 24.1 Å². The van der Waals surface area contributed by atoms with Gasteiger partial charge in [0.05, 0.1) is 5.69 Å². The van der Waals surface area contributed by atoms with Crippen LogP contribution >= 0.6 is 0 Å². The Bertz CT molecular complexity index is 860. The van der Waals surface area contributed by atoms with Crippen molar-refractivity contribution >= 4 is 11.6 Å². The Labute approximate surface area is 130 Å². The highest BCUT2D eigenvalue weighted by molar-refractivity contribution is 6.04. The summed E-state index contributed by atoms with van der Waals surface area (Å²) in [7, 11) is 0. The maximum absolute atomic E-state index is 13.5. The topological polar surface area (TPSA) is 68.0 Å². The Balaban J connectivity index is 1.77. The fourth-order valence-electron chi connectivity index (χ4n) is 1.96. The molecule has 0 aliphatic carbocycles. The van der Waals surface area contributed by atoms with Crippen LogP contribution in [-0.2, 0) is 0 Å². The quantitative estimate of drug-likeness (QED) is 0.802. The van der Waals surface area contributed by atoms with E-state index in [9.17, 15) is 13.6 Å². The van der Waals surface area contributed by atoms with Gasteiger partial charge in [0.25, 0.3) is 5.91 Å². The summed E-state index contributed by atoms with van der Waals surface area (Å²) < 4.78 is 31.7. The predicted molar refractivity (Wildman–Crippen MR) is 78.8 cm³/mol. The lowest BCUT2D eigenvalue weighted by atomic mass is 10.1. The third-order valence-corrected chi connectivity index (χ3v) is 3.10. The van der Waals surface area contributed by atoms with Gasteiger partial charge < -0.3 is 9.73 Å². The first-order valence-corrected chi connectivity index (χ1v) is 6.70.